The molecule has 0 saturated carbocycles. The number of aromatic amines is 1. The molecule has 0 saturated heterocycles. The number of rotatable bonds is 4. The van der Waals surface area contributed by atoms with E-state index in [-0.39, 0.29) is 11.7 Å². The van der Waals surface area contributed by atoms with Gasteiger partial charge in [-0.05, 0) is 18.7 Å². The molecular formula is C15H17N3O2S. The highest BCUT2D eigenvalue weighted by molar-refractivity contribution is 7.99. The Bertz CT molecular complexity index is 687. The normalized spacial score (nSPS) is 17.1. The van der Waals surface area contributed by atoms with Crippen molar-refractivity contribution in [1.82, 2.24) is 15.3 Å². The van der Waals surface area contributed by atoms with Gasteiger partial charge in [0.15, 0.2) is 11.9 Å². The predicted octanol–water partition coefficient (Wildman–Crippen LogP) is 2.11. The number of para-hydroxylation sites is 1. The van der Waals surface area contributed by atoms with Crippen molar-refractivity contribution >= 4 is 11.8 Å². The lowest BCUT2D eigenvalue weighted by atomic mass is 10.3. The number of thioether (sulfide) groups is 1. The van der Waals surface area contributed by atoms with Crippen LogP contribution in [0.2, 0.25) is 0 Å². The molecule has 2 N–H and O–H groups in total. The van der Waals surface area contributed by atoms with E-state index in [4.69, 9.17) is 4.74 Å². The first kappa shape index (κ1) is 14.2. The highest BCUT2D eigenvalue weighted by atomic mass is 32.2. The summed E-state index contributed by atoms with van der Waals surface area (Å²) in [6, 6.07) is 9.44. The molecule has 1 aliphatic rings. The molecule has 2 aromatic rings. The monoisotopic (exact) mass is 303 g/mol. The number of benzene rings is 1. The fraction of sp³-hybridized carbons (Fsp3) is 0.333. The third-order valence-electron chi connectivity index (χ3n) is 3.18. The van der Waals surface area contributed by atoms with E-state index in [1.54, 1.807) is 11.8 Å². The lowest BCUT2D eigenvalue weighted by Crippen LogP contribution is -2.24. The molecule has 0 spiro atoms. The quantitative estimate of drug-likeness (QED) is 0.905. The minimum Gasteiger partial charge on any atom is -0.480 e. The second-order valence-corrected chi connectivity index (χ2v) is 5.83. The topological polar surface area (TPSA) is 67.0 Å². The maximum Gasteiger partial charge on any atom is 0.251 e. The lowest BCUT2D eigenvalue weighted by molar-refractivity contribution is 0.209. The average Bonchev–Trinajstić information content (AvgIpc) is 2.52. The summed E-state index contributed by atoms with van der Waals surface area (Å²) in [5, 5.41) is 3.18. The molecular weight excluding hydrogens is 286 g/mol. The second-order valence-electron chi connectivity index (χ2n) is 4.77. The Morgan fingerprint density at radius 3 is 3.19 bits per heavy atom. The number of hydrogen-bond acceptors (Lipinski definition) is 5. The molecule has 1 aromatic heterocycles. The van der Waals surface area contributed by atoms with Gasteiger partial charge in [0.2, 0.25) is 0 Å². The first-order valence-electron chi connectivity index (χ1n) is 6.95. The van der Waals surface area contributed by atoms with Gasteiger partial charge in [-0.1, -0.05) is 19.1 Å². The van der Waals surface area contributed by atoms with Crippen LogP contribution in [0.4, 0.5) is 0 Å². The Hall–Kier alpha value is -1.79. The molecule has 0 aliphatic carbocycles. The van der Waals surface area contributed by atoms with Crippen molar-refractivity contribution in [3.63, 3.8) is 0 Å². The maximum atomic E-state index is 11.8. The standard InChI is InChI=1S/C15H17N3O2S/c1-2-16-8-10-7-14(19)18-15(17-10)12-9-21-13-6-4-3-5-11(13)20-12/h3-7,12,16H,2,8-9H2,1H3,(H,17,18,19). The number of nitrogens with zero attached hydrogens (tertiary/aromatic N) is 1. The number of ether oxygens (including phenoxy) is 1. The Morgan fingerprint density at radius 2 is 2.33 bits per heavy atom. The molecule has 3 rings (SSSR count). The van der Waals surface area contributed by atoms with Gasteiger partial charge in [-0.25, -0.2) is 4.98 Å². The number of hydrogen-bond donors (Lipinski definition) is 2. The van der Waals surface area contributed by atoms with Crippen LogP contribution in [0.1, 0.15) is 24.5 Å². The molecule has 2 heterocycles. The lowest BCUT2D eigenvalue weighted by Gasteiger charge is -2.24. The van der Waals surface area contributed by atoms with Crippen molar-refractivity contribution in [2.24, 2.45) is 0 Å². The van der Waals surface area contributed by atoms with Gasteiger partial charge < -0.3 is 15.0 Å². The summed E-state index contributed by atoms with van der Waals surface area (Å²) in [5.41, 5.74) is 0.600. The van der Waals surface area contributed by atoms with E-state index in [0.29, 0.717) is 12.4 Å². The highest BCUT2D eigenvalue weighted by Crippen LogP contribution is 2.39. The largest absolute Gasteiger partial charge is 0.480 e. The summed E-state index contributed by atoms with van der Waals surface area (Å²) in [4.78, 5) is 20.2. The smallest absolute Gasteiger partial charge is 0.251 e. The zero-order chi connectivity index (χ0) is 14.7. The van der Waals surface area contributed by atoms with Crippen LogP contribution in [-0.4, -0.2) is 22.3 Å². The van der Waals surface area contributed by atoms with Crippen LogP contribution in [-0.2, 0) is 6.54 Å². The molecule has 0 fully saturated rings. The fourth-order valence-corrected chi connectivity index (χ4v) is 3.17. The van der Waals surface area contributed by atoms with Gasteiger partial charge in [-0.2, -0.15) is 0 Å². The SMILES string of the molecule is CCNCc1cc(=O)[nH]c(C2CSc3ccccc3O2)n1. The zero-order valence-corrected chi connectivity index (χ0v) is 12.6. The summed E-state index contributed by atoms with van der Waals surface area (Å²) in [6.45, 7) is 3.45. The number of fused-ring (bicyclic) bond motifs is 1. The van der Waals surface area contributed by atoms with Gasteiger partial charge in [0.1, 0.15) is 5.75 Å². The number of nitrogens with one attached hydrogen (secondary N) is 2. The molecule has 1 aromatic carbocycles. The van der Waals surface area contributed by atoms with Gasteiger partial charge in [0, 0.05) is 23.3 Å². The van der Waals surface area contributed by atoms with Gasteiger partial charge in [0.25, 0.3) is 5.56 Å². The highest BCUT2D eigenvalue weighted by Gasteiger charge is 2.23. The van der Waals surface area contributed by atoms with Crippen LogP contribution < -0.4 is 15.6 Å². The van der Waals surface area contributed by atoms with Crippen LogP contribution in [0.25, 0.3) is 0 Å². The van der Waals surface area contributed by atoms with Crippen LogP contribution in [0.3, 0.4) is 0 Å². The molecule has 1 aliphatic heterocycles. The minimum atomic E-state index is -0.223. The van der Waals surface area contributed by atoms with E-state index in [0.717, 1.165) is 28.6 Å². The maximum absolute atomic E-state index is 11.8. The number of H-pyrrole nitrogens is 1. The predicted molar refractivity (Wildman–Crippen MR) is 82.8 cm³/mol. The van der Waals surface area contributed by atoms with Crippen molar-refractivity contribution in [1.29, 1.82) is 0 Å². The Kier molecular flexibility index (Phi) is 4.26. The molecule has 6 heteroatoms. The third kappa shape index (κ3) is 3.28. The third-order valence-corrected chi connectivity index (χ3v) is 4.30. The van der Waals surface area contributed by atoms with Crippen LogP contribution in [0, 0.1) is 0 Å². The fourth-order valence-electron chi connectivity index (χ4n) is 2.18. The van der Waals surface area contributed by atoms with E-state index in [2.05, 4.69) is 15.3 Å². The van der Waals surface area contributed by atoms with Crippen molar-refractivity contribution in [3.8, 4) is 5.75 Å². The summed E-state index contributed by atoms with van der Waals surface area (Å²) in [7, 11) is 0. The van der Waals surface area contributed by atoms with Gasteiger partial charge in [0.05, 0.1) is 5.69 Å². The van der Waals surface area contributed by atoms with Crippen molar-refractivity contribution < 1.29 is 4.74 Å². The van der Waals surface area contributed by atoms with E-state index in [1.807, 2.05) is 31.2 Å². The summed E-state index contributed by atoms with van der Waals surface area (Å²) >= 11 is 1.72. The molecule has 110 valence electrons. The van der Waals surface area contributed by atoms with Crippen molar-refractivity contribution in [2.45, 2.75) is 24.5 Å². The van der Waals surface area contributed by atoms with Crippen LogP contribution in [0.15, 0.2) is 40.0 Å². The molecule has 0 amide bonds. The molecule has 1 atom stereocenters. The van der Waals surface area contributed by atoms with E-state index >= 15 is 0 Å². The van der Waals surface area contributed by atoms with E-state index < -0.39 is 0 Å². The molecule has 0 radical (unpaired) electrons. The van der Waals surface area contributed by atoms with Crippen LogP contribution in [0.5, 0.6) is 5.75 Å². The Labute approximate surface area is 127 Å². The Morgan fingerprint density at radius 1 is 1.48 bits per heavy atom. The minimum absolute atomic E-state index is 0.139. The van der Waals surface area contributed by atoms with Crippen molar-refractivity contribution in [3.05, 3.63) is 52.2 Å². The van der Waals surface area contributed by atoms with Gasteiger partial charge >= 0.3 is 0 Å². The molecule has 0 bridgehead atoms. The first-order chi connectivity index (χ1) is 10.3. The number of aromatic nitrogens is 2. The zero-order valence-electron chi connectivity index (χ0n) is 11.8. The Balaban J connectivity index is 1.84. The summed E-state index contributed by atoms with van der Waals surface area (Å²) < 4.78 is 5.96. The second kappa shape index (κ2) is 6.32. The molecule has 5 nitrogen and oxygen atoms in total. The van der Waals surface area contributed by atoms with E-state index in [1.165, 1.54) is 6.07 Å². The first-order valence-corrected chi connectivity index (χ1v) is 7.94. The summed E-state index contributed by atoms with van der Waals surface area (Å²) in [6.07, 6.45) is -0.223. The molecule has 21 heavy (non-hydrogen) atoms. The molecule has 1 unspecified atom stereocenters. The van der Waals surface area contributed by atoms with Gasteiger partial charge in [-0.3, -0.25) is 4.79 Å². The van der Waals surface area contributed by atoms with E-state index in [9.17, 15) is 4.79 Å². The average molecular weight is 303 g/mol. The van der Waals surface area contributed by atoms with Crippen molar-refractivity contribution in [2.75, 3.05) is 12.3 Å². The van der Waals surface area contributed by atoms with Gasteiger partial charge in [-0.15, -0.1) is 11.8 Å². The summed E-state index contributed by atoms with van der Waals surface area (Å²) in [5.74, 6) is 2.18. The van der Waals surface area contributed by atoms with Crippen LogP contribution >= 0.6 is 11.8 Å².